The molecule has 0 saturated carbocycles. The van der Waals surface area contributed by atoms with E-state index in [-0.39, 0.29) is 0 Å². The molecule has 0 heterocycles. The molecule has 0 bridgehead atoms. The van der Waals surface area contributed by atoms with Gasteiger partial charge in [-0.3, -0.25) is 0 Å². The zero-order valence-corrected chi connectivity index (χ0v) is 14.0. The van der Waals surface area contributed by atoms with Crippen LogP contribution in [-0.2, 0) is 0 Å². The molecule has 0 saturated heterocycles. The predicted octanol–water partition coefficient (Wildman–Crippen LogP) is 5.94. The molecule has 0 spiro atoms. The Morgan fingerprint density at radius 2 is 1.06 bits per heavy atom. The van der Waals surface area contributed by atoms with Crippen molar-refractivity contribution in [1.82, 2.24) is 0 Å². The molecule has 0 nitrogen and oxygen atoms in total. The number of hydrogen-bond acceptors (Lipinski definition) is 0. The van der Waals surface area contributed by atoms with Gasteiger partial charge < -0.3 is 0 Å². The van der Waals surface area contributed by atoms with Gasteiger partial charge in [0.1, 0.15) is 0 Å². The standard InChI is InChI=1S/C16H37P/c1-5-9-11-13-16-17(8-4,14-7-3)15-12-10-6-2/h17H,5-16H2,1-4H3. The van der Waals surface area contributed by atoms with Crippen molar-refractivity contribution in [2.75, 3.05) is 24.6 Å². The Hall–Kier alpha value is 0.430. The quantitative estimate of drug-likeness (QED) is 0.301. The molecule has 0 atom stereocenters. The summed E-state index contributed by atoms with van der Waals surface area (Å²) in [6, 6.07) is 0. The summed E-state index contributed by atoms with van der Waals surface area (Å²) in [5.74, 6) is 0. The molecular formula is C16H37P. The molecule has 0 rings (SSSR count). The first-order valence-corrected chi connectivity index (χ1v) is 11.1. The second-order valence-corrected chi connectivity index (χ2v) is 11.1. The van der Waals surface area contributed by atoms with Gasteiger partial charge in [0.2, 0.25) is 0 Å². The molecule has 0 aliphatic carbocycles. The van der Waals surface area contributed by atoms with Gasteiger partial charge >= 0.3 is 111 Å². The van der Waals surface area contributed by atoms with Crippen LogP contribution in [0.5, 0.6) is 0 Å². The Balaban J connectivity index is 4.06. The van der Waals surface area contributed by atoms with Crippen LogP contribution >= 0.6 is 7.26 Å². The molecule has 0 fully saturated rings. The van der Waals surface area contributed by atoms with E-state index in [0.29, 0.717) is 0 Å². The van der Waals surface area contributed by atoms with E-state index >= 15 is 0 Å². The van der Waals surface area contributed by atoms with Crippen LogP contribution in [0.2, 0.25) is 0 Å². The second-order valence-electron chi connectivity index (χ2n) is 5.87. The molecule has 0 aromatic carbocycles. The van der Waals surface area contributed by atoms with E-state index in [1.165, 1.54) is 57.5 Å². The van der Waals surface area contributed by atoms with Gasteiger partial charge in [-0.2, -0.15) is 0 Å². The third-order valence-corrected chi connectivity index (χ3v) is 10.3. The van der Waals surface area contributed by atoms with Gasteiger partial charge in [-0.05, 0) is 0 Å². The van der Waals surface area contributed by atoms with Gasteiger partial charge in [-0.1, -0.05) is 0 Å². The molecule has 0 N–H and O–H groups in total. The fraction of sp³-hybridized carbons (Fsp3) is 1.00. The Morgan fingerprint density at radius 1 is 0.529 bits per heavy atom. The minimum atomic E-state index is -0.857. The second kappa shape index (κ2) is 11.5. The Morgan fingerprint density at radius 3 is 1.53 bits per heavy atom. The zero-order chi connectivity index (χ0) is 13.0. The van der Waals surface area contributed by atoms with Crippen molar-refractivity contribution >= 4 is 7.26 Å². The van der Waals surface area contributed by atoms with Gasteiger partial charge in [0.05, 0.1) is 0 Å². The van der Waals surface area contributed by atoms with Crippen LogP contribution in [0.4, 0.5) is 0 Å². The SMILES string of the molecule is CCCCCC[PH](CC)(CCC)CCCCC. The third kappa shape index (κ3) is 8.20. The van der Waals surface area contributed by atoms with Gasteiger partial charge in [-0.15, -0.1) is 0 Å². The average molecular weight is 260 g/mol. The average Bonchev–Trinajstić information content (AvgIpc) is 2.35. The Bertz CT molecular complexity index is 156. The van der Waals surface area contributed by atoms with Crippen molar-refractivity contribution in [3.63, 3.8) is 0 Å². The summed E-state index contributed by atoms with van der Waals surface area (Å²) in [7, 11) is -0.857. The summed E-state index contributed by atoms with van der Waals surface area (Å²) in [6.45, 7) is 9.52. The van der Waals surface area contributed by atoms with E-state index in [0.717, 1.165) is 0 Å². The van der Waals surface area contributed by atoms with Crippen molar-refractivity contribution in [1.29, 1.82) is 0 Å². The van der Waals surface area contributed by atoms with Crippen molar-refractivity contribution < 1.29 is 0 Å². The first kappa shape index (κ1) is 17.4. The maximum atomic E-state index is 2.48. The van der Waals surface area contributed by atoms with E-state index in [2.05, 4.69) is 27.7 Å². The van der Waals surface area contributed by atoms with E-state index in [1.54, 1.807) is 18.5 Å². The van der Waals surface area contributed by atoms with Crippen molar-refractivity contribution in [3.8, 4) is 0 Å². The fourth-order valence-electron chi connectivity index (χ4n) is 3.11. The van der Waals surface area contributed by atoms with Crippen LogP contribution in [-0.4, -0.2) is 24.6 Å². The van der Waals surface area contributed by atoms with Crippen molar-refractivity contribution in [2.45, 2.75) is 79.1 Å². The van der Waals surface area contributed by atoms with Gasteiger partial charge in [0.15, 0.2) is 0 Å². The summed E-state index contributed by atoms with van der Waals surface area (Å²) >= 11 is 0. The van der Waals surface area contributed by atoms with Crippen LogP contribution in [0, 0.1) is 0 Å². The zero-order valence-electron chi connectivity index (χ0n) is 13.0. The predicted molar refractivity (Wildman–Crippen MR) is 87.4 cm³/mol. The molecule has 0 unspecified atom stereocenters. The monoisotopic (exact) mass is 260 g/mol. The normalized spacial score (nSPS) is 12.9. The van der Waals surface area contributed by atoms with E-state index in [9.17, 15) is 0 Å². The topological polar surface area (TPSA) is 0 Å². The van der Waals surface area contributed by atoms with Crippen LogP contribution in [0.3, 0.4) is 0 Å². The minimum absolute atomic E-state index is 0.857. The molecule has 106 valence electrons. The first-order valence-electron chi connectivity index (χ1n) is 8.24. The molecule has 0 aromatic heterocycles. The van der Waals surface area contributed by atoms with Crippen LogP contribution < -0.4 is 0 Å². The third-order valence-electron chi connectivity index (χ3n) is 4.40. The van der Waals surface area contributed by atoms with Crippen LogP contribution in [0.1, 0.15) is 79.1 Å². The van der Waals surface area contributed by atoms with Gasteiger partial charge in [0, 0.05) is 0 Å². The van der Waals surface area contributed by atoms with Crippen LogP contribution in [0.15, 0.2) is 0 Å². The summed E-state index contributed by atoms with van der Waals surface area (Å²) in [5, 5.41) is 0. The molecular weight excluding hydrogens is 223 g/mol. The van der Waals surface area contributed by atoms with E-state index in [4.69, 9.17) is 0 Å². The summed E-state index contributed by atoms with van der Waals surface area (Å²) in [6.07, 6.45) is 18.0. The summed E-state index contributed by atoms with van der Waals surface area (Å²) in [4.78, 5) is 0. The maximum absolute atomic E-state index is 2.48. The van der Waals surface area contributed by atoms with Crippen molar-refractivity contribution in [3.05, 3.63) is 0 Å². The van der Waals surface area contributed by atoms with Gasteiger partial charge in [0.25, 0.3) is 0 Å². The number of unbranched alkanes of at least 4 members (excludes halogenated alkanes) is 5. The molecule has 0 radical (unpaired) electrons. The fourth-order valence-corrected chi connectivity index (χ4v) is 7.98. The molecule has 0 aromatic rings. The van der Waals surface area contributed by atoms with Crippen molar-refractivity contribution in [2.24, 2.45) is 0 Å². The van der Waals surface area contributed by atoms with Gasteiger partial charge in [-0.25, -0.2) is 0 Å². The Kier molecular flexibility index (Phi) is 11.8. The number of rotatable bonds is 12. The molecule has 0 aliphatic rings. The molecule has 17 heavy (non-hydrogen) atoms. The summed E-state index contributed by atoms with van der Waals surface area (Å²) < 4.78 is 0. The summed E-state index contributed by atoms with van der Waals surface area (Å²) in [5.41, 5.74) is 0. The van der Waals surface area contributed by atoms with E-state index < -0.39 is 7.26 Å². The van der Waals surface area contributed by atoms with Crippen LogP contribution in [0.25, 0.3) is 0 Å². The Labute approximate surface area is 111 Å². The first-order chi connectivity index (χ1) is 8.24. The number of hydrogen-bond donors (Lipinski definition) is 0. The van der Waals surface area contributed by atoms with E-state index in [1.807, 2.05) is 0 Å². The molecule has 0 aliphatic heterocycles. The molecule has 0 amide bonds. The molecule has 1 heteroatoms.